The van der Waals surface area contributed by atoms with Gasteiger partial charge >= 0.3 is 0 Å². The molecule has 168 valence electrons. The molecular formula is C25H28F2N4O. The van der Waals surface area contributed by atoms with Gasteiger partial charge in [0.15, 0.2) is 0 Å². The molecule has 2 aliphatic heterocycles. The van der Waals surface area contributed by atoms with E-state index in [2.05, 4.69) is 22.5 Å². The molecule has 2 saturated heterocycles. The Hall–Kier alpha value is -2.80. The molecule has 1 amide bonds. The van der Waals surface area contributed by atoms with Crippen molar-refractivity contribution >= 4 is 11.6 Å². The second kappa shape index (κ2) is 8.98. The molecule has 3 heterocycles. The van der Waals surface area contributed by atoms with E-state index in [1.54, 1.807) is 17.0 Å². The highest BCUT2D eigenvalue weighted by molar-refractivity contribution is 5.96. The first kappa shape index (κ1) is 21.1. The number of nitrogens with one attached hydrogen (secondary N) is 1. The van der Waals surface area contributed by atoms with Gasteiger partial charge in [0.25, 0.3) is 5.91 Å². The van der Waals surface area contributed by atoms with Crippen molar-refractivity contribution in [2.24, 2.45) is 0 Å². The number of rotatable bonds is 4. The summed E-state index contributed by atoms with van der Waals surface area (Å²) in [4.78, 5) is 15.5. The van der Waals surface area contributed by atoms with Crippen LogP contribution in [0.25, 0.3) is 5.70 Å². The molecule has 0 spiro atoms. The number of halogens is 2. The van der Waals surface area contributed by atoms with Crippen LogP contribution in [0.2, 0.25) is 0 Å². The normalized spacial score (nSPS) is 24.4. The first-order chi connectivity index (χ1) is 15.6. The van der Waals surface area contributed by atoms with E-state index in [1.165, 1.54) is 5.56 Å². The molecule has 1 aromatic carbocycles. The van der Waals surface area contributed by atoms with E-state index in [0.29, 0.717) is 24.6 Å². The third-order valence-electron chi connectivity index (χ3n) is 6.85. The number of carbonyl (C=O) groups is 1. The van der Waals surface area contributed by atoms with E-state index >= 15 is 0 Å². The van der Waals surface area contributed by atoms with Crippen LogP contribution in [-0.2, 0) is 0 Å². The van der Waals surface area contributed by atoms with Gasteiger partial charge in [0.05, 0.1) is 23.2 Å². The zero-order valence-corrected chi connectivity index (χ0v) is 18.0. The molecule has 0 bridgehead atoms. The fourth-order valence-electron chi connectivity index (χ4n) is 5.14. The van der Waals surface area contributed by atoms with Crippen LogP contribution in [0, 0.1) is 0 Å². The predicted octanol–water partition coefficient (Wildman–Crippen LogP) is 4.42. The number of allylic oxidation sites excluding steroid dienone is 4. The lowest BCUT2D eigenvalue weighted by atomic mass is 9.91. The summed E-state index contributed by atoms with van der Waals surface area (Å²) in [6, 6.07) is 10.3. The van der Waals surface area contributed by atoms with Crippen molar-refractivity contribution in [3.63, 3.8) is 0 Å². The Labute approximate surface area is 186 Å². The molecule has 5 rings (SSSR count). The van der Waals surface area contributed by atoms with Crippen molar-refractivity contribution in [2.75, 3.05) is 26.2 Å². The van der Waals surface area contributed by atoms with Crippen LogP contribution in [0.4, 0.5) is 8.78 Å². The van der Waals surface area contributed by atoms with Crippen LogP contribution in [0.3, 0.4) is 0 Å². The number of hydrogen-bond acceptors (Lipinski definition) is 3. The summed E-state index contributed by atoms with van der Waals surface area (Å²) < 4.78 is 29.8. The van der Waals surface area contributed by atoms with Crippen molar-refractivity contribution in [2.45, 2.75) is 43.7 Å². The summed E-state index contributed by atoms with van der Waals surface area (Å²) >= 11 is 0. The van der Waals surface area contributed by atoms with Gasteiger partial charge in [0, 0.05) is 31.3 Å². The zero-order valence-electron chi connectivity index (χ0n) is 18.0. The number of piperidine rings is 1. The molecule has 3 aliphatic rings. The summed E-state index contributed by atoms with van der Waals surface area (Å²) in [7, 11) is 0. The standard InChI is InChI=1S/C25H28F2N4O/c26-20-6-7-23(22(27)14-20)31-24(18-8-11-28-12-9-18)21(15-29-31)25(32)30-13-10-19(16-30)17-4-2-1-3-5-17/h1-5,7,14-15,18-20,28H,6,8-13,16H2/t19-,20?/m0/s1. The molecule has 5 nitrogen and oxygen atoms in total. The number of amides is 1. The number of alkyl halides is 1. The lowest BCUT2D eigenvalue weighted by Gasteiger charge is -2.26. The molecule has 2 fully saturated rings. The third kappa shape index (κ3) is 4.01. The van der Waals surface area contributed by atoms with Crippen LogP contribution >= 0.6 is 0 Å². The Bertz CT molecular complexity index is 1040. The molecule has 0 radical (unpaired) electrons. The number of carbonyl (C=O) groups excluding carboxylic acids is 1. The first-order valence-electron chi connectivity index (χ1n) is 11.5. The zero-order chi connectivity index (χ0) is 22.1. The average Bonchev–Trinajstić information content (AvgIpc) is 3.48. The van der Waals surface area contributed by atoms with Gasteiger partial charge in [0.2, 0.25) is 0 Å². The van der Waals surface area contributed by atoms with Crippen molar-refractivity contribution in [1.82, 2.24) is 20.0 Å². The van der Waals surface area contributed by atoms with Gasteiger partial charge in [-0.05, 0) is 44.0 Å². The fraction of sp³-hybridized carbons (Fsp3) is 0.440. The fourth-order valence-corrected chi connectivity index (χ4v) is 5.14. The number of hydrogen-bond donors (Lipinski definition) is 1. The first-order valence-corrected chi connectivity index (χ1v) is 11.5. The van der Waals surface area contributed by atoms with Crippen molar-refractivity contribution < 1.29 is 13.6 Å². The summed E-state index contributed by atoms with van der Waals surface area (Å²) in [6.45, 7) is 3.04. The lowest BCUT2D eigenvalue weighted by Crippen LogP contribution is -2.32. The van der Waals surface area contributed by atoms with Crippen molar-refractivity contribution in [3.8, 4) is 0 Å². The smallest absolute Gasteiger partial charge is 0.257 e. The highest BCUT2D eigenvalue weighted by Crippen LogP contribution is 2.35. The summed E-state index contributed by atoms with van der Waals surface area (Å²) in [6.07, 6.45) is 5.53. The van der Waals surface area contributed by atoms with E-state index in [-0.39, 0.29) is 23.9 Å². The Balaban J connectivity index is 1.45. The molecule has 7 heteroatoms. The largest absolute Gasteiger partial charge is 0.338 e. The lowest BCUT2D eigenvalue weighted by molar-refractivity contribution is 0.0788. The minimum Gasteiger partial charge on any atom is -0.338 e. The quantitative estimate of drug-likeness (QED) is 0.769. The molecule has 2 aromatic rings. The molecule has 0 saturated carbocycles. The van der Waals surface area contributed by atoms with Gasteiger partial charge in [0.1, 0.15) is 12.0 Å². The summed E-state index contributed by atoms with van der Waals surface area (Å²) in [5.74, 6) is -0.249. The maximum Gasteiger partial charge on any atom is 0.257 e. The van der Waals surface area contributed by atoms with Crippen LogP contribution in [0.15, 0.2) is 54.5 Å². The Morgan fingerprint density at radius 3 is 2.62 bits per heavy atom. The van der Waals surface area contributed by atoms with Gasteiger partial charge in [-0.15, -0.1) is 0 Å². The van der Waals surface area contributed by atoms with Crippen molar-refractivity contribution in [1.29, 1.82) is 0 Å². The van der Waals surface area contributed by atoms with Crippen LogP contribution in [0.1, 0.15) is 59.1 Å². The number of nitrogens with zero attached hydrogens (tertiary/aromatic N) is 3. The number of likely N-dealkylation sites (tertiary alicyclic amines) is 1. The third-order valence-corrected chi connectivity index (χ3v) is 6.85. The Kier molecular flexibility index (Phi) is 5.91. The van der Waals surface area contributed by atoms with Gasteiger partial charge in [-0.2, -0.15) is 5.10 Å². The summed E-state index contributed by atoms with van der Waals surface area (Å²) in [5, 5.41) is 7.78. The van der Waals surface area contributed by atoms with E-state index in [9.17, 15) is 13.6 Å². The minimum absolute atomic E-state index is 0.0487. The van der Waals surface area contributed by atoms with Crippen LogP contribution in [-0.4, -0.2) is 52.9 Å². The van der Waals surface area contributed by atoms with E-state index < -0.39 is 12.0 Å². The highest BCUT2D eigenvalue weighted by atomic mass is 19.1. The van der Waals surface area contributed by atoms with E-state index in [1.807, 2.05) is 23.1 Å². The number of benzene rings is 1. The maximum absolute atomic E-state index is 14.7. The second-order valence-electron chi connectivity index (χ2n) is 8.88. The molecule has 32 heavy (non-hydrogen) atoms. The Morgan fingerprint density at radius 1 is 1.09 bits per heavy atom. The average molecular weight is 439 g/mol. The van der Waals surface area contributed by atoms with E-state index in [0.717, 1.165) is 44.1 Å². The molecule has 2 atom stereocenters. The highest BCUT2D eigenvalue weighted by Gasteiger charge is 2.34. The molecule has 1 N–H and O–H groups in total. The van der Waals surface area contributed by atoms with Crippen LogP contribution in [0.5, 0.6) is 0 Å². The molecular weight excluding hydrogens is 410 g/mol. The van der Waals surface area contributed by atoms with E-state index in [4.69, 9.17) is 0 Å². The Morgan fingerprint density at radius 2 is 1.88 bits per heavy atom. The monoisotopic (exact) mass is 438 g/mol. The minimum atomic E-state index is -1.32. The molecule has 1 unspecified atom stereocenters. The van der Waals surface area contributed by atoms with Gasteiger partial charge in [-0.25, -0.2) is 13.5 Å². The molecule has 1 aromatic heterocycles. The SMILES string of the molecule is O=C(c1cnn(C2=CCC(F)C=C2F)c1C1CCNCC1)N1CC[C@H](c2ccccc2)C1. The topological polar surface area (TPSA) is 50.2 Å². The van der Waals surface area contributed by atoms with Gasteiger partial charge in [-0.3, -0.25) is 4.79 Å². The maximum atomic E-state index is 14.7. The van der Waals surface area contributed by atoms with Gasteiger partial charge < -0.3 is 10.2 Å². The second-order valence-corrected chi connectivity index (χ2v) is 8.88. The molecule has 1 aliphatic carbocycles. The van der Waals surface area contributed by atoms with Crippen LogP contribution < -0.4 is 5.32 Å². The summed E-state index contributed by atoms with van der Waals surface area (Å²) in [5.41, 5.74) is 2.79. The van der Waals surface area contributed by atoms with Gasteiger partial charge in [-0.1, -0.05) is 36.4 Å². The predicted molar refractivity (Wildman–Crippen MR) is 120 cm³/mol. The van der Waals surface area contributed by atoms with Crippen molar-refractivity contribution in [3.05, 3.63) is 71.3 Å². The number of aromatic nitrogens is 2.